The summed E-state index contributed by atoms with van der Waals surface area (Å²) in [6, 6.07) is 14.0. The molecule has 2 N–H and O–H groups in total. The molecule has 8 heteroatoms. The lowest BCUT2D eigenvalue weighted by Crippen LogP contribution is -2.09. The zero-order chi connectivity index (χ0) is 17.1. The number of nitrogens with one attached hydrogen (secondary N) is 2. The Bertz CT molecular complexity index is 957. The van der Waals surface area contributed by atoms with E-state index < -0.39 is 0 Å². The van der Waals surface area contributed by atoms with Crippen LogP contribution in [-0.4, -0.2) is 22.6 Å². The van der Waals surface area contributed by atoms with Crippen molar-refractivity contribution in [3.05, 3.63) is 57.6 Å². The van der Waals surface area contributed by atoms with E-state index in [0.29, 0.717) is 15.1 Å². The van der Waals surface area contributed by atoms with Crippen molar-refractivity contribution in [3.63, 3.8) is 0 Å². The summed E-state index contributed by atoms with van der Waals surface area (Å²) in [4.78, 5) is 14.4. The van der Waals surface area contributed by atoms with Crippen LogP contribution in [0.15, 0.2) is 47.8 Å². The molecule has 0 saturated carbocycles. The highest BCUT2D eigenvalue weighted by Crippen LogP contribution is 2.27. The number of thiophene rings is 2. The molecule has 0 radical (unpaired) electrons. The first-order valence-corrected chi connectivity index (χ1v) is 10.2. The molecular formula is C17H14N4OS3. The molecule has 5 nitrogen and oxygen atoms in total. The first-order chi connectivity index (χ1) is 12.3. The van der Waals surface area contributed by atoms with Crippen LogP contribution in [0.3, 0.4) is 0 Å². The van der Waals surface area contributed by atoms with Crippen LogP contribution in [0.25, 0.3) is 10.1 Å². The van der Waals surface area contributed by atoms with Crippen LogP contribution < -0.4 is 10.6 Å². The van der Waals surface area contributed by atoms with Crippen molar-refractivity contribution in [2.75, 3.05) is 17.2 Å². The molecule has 4 aromatic rings. The Morgan fingerprint density at radius 3 is 2.76 bits per heavy atom. The van der Waals surface area contributed by atoms with Crippen LogP contribution >= 0.6 is 34.0 Å². The van der Waals surface area contributed by atoms with Gasteiger partial charge in [-0.05, 0) is 35.4 Å². The monoisotopic (exact) mass is 386 g/mol. The van der Waals surface area contributed by atoms with E-state index in [4.69, 9.17) is 0 Å². The van der Waals surface area contributed by atoms with Crippen molar-refractivity contribution in [2.24, 2.45) is 0 Å². The lowest BCUT2D eigenvalue weighted by Gasteiger charge is -1.99. The standard InChI is InChI=1S/C17H14N4OS3/c22-15(14-10-11-4-1-2-6-13(11)24-14)19-17-21-20-16(25-17)18-8-7-12-5-3-9-23-12/h1-6,9-10H,7-8H2,(H,18,20)(H,19,21,22). The van der Waals surface area contributed by atoms with Gasteiger partial charge in [-0.3, -0.25) is 10.1 Å². The van der Waals surface area contributed by atoms with E-state index in [1.807, 2.05) is 36.4 Å². The summed E-state index contributed by atoms with van der Waals surface area (Å²) < 4.78 is 1.10. The highest BCUT2D eigenvalue weighted by molar-refractivity contribution is 7.21. The first-order valence-electron chi connectivity index (χ1n) is 7.67. The van der Waals surface area contributed by atoms with Gasteiger partial charge in [0.2, 0.25) is 10.3 Å². The van der Waals surface area contributed by atoms with Crippen molar-refractivity contribution >= 4 is 60.3 Å². The highest BCUT2D eigenvalue weighted by atomic mass is 32.1. The Labute approximate surface area is 156 Å². The second-order valence-corrected chi connectivity index (χ2v) is 8.36. The summed E-state index contributed by atoms with van der Waals surface area (Å²) in [5.41, 5.74) is 0. The van der Waals surface area contributed by atoms with E-state index in [-0.39, 0.29) is 5.91 Å². The van der Waals surface area contributed by atoms with Gasteiger partial charge in [0.15, 0.2) is 0 Å². The maximum Gasteiger partial charge on any atom is 0.267 e. The molecule has 4 rings (SSSR count). The van der Waals surface area contributed by atoms with Gasteiger partial charge in [-0.1, -0.05) is 35.6 Å². The zero-order valence-electron chi connectivity index (χ0n) is 13.1. The zero-order valence-corrected chi connectivity index (χ0v) is 15.5. The number of rotatable bonds is 6. The number of carbonyl (C=O) groups is 1. The highest BCUT2D eigenvalue weighted by Gasteiger charge is 2.13. The Morgan fingerprint density at radius 1 is 1.04 bits per heavy atom. The molecule has 0 bridgehead atoms. The second-order valence-electron chi connectivity index (χ2n) is 5.27. The summed E-state index contributed by atoms with van der Waals surface area (Å²) in [7, 11) is 0. The van der Waals surface area contributed by atoms with Crippen molar-refractivity contribution < 1.29 is 4.79 Å². The van der Waals surface area contributed by atoms with E-state index in [1.54, 1.807) is 11.3 Å². The number of hydrogen-bond acceptors (Lipinski definition) is 7. The third kappa shape index (κ3) is 3.87. The van der Waals surface area contributed by atoms with Gasteiger partial charge >= 0.3 is 0 Å². The van der Waals surface area contributed by atoms with E-state index in [2.05, 4.69) is 32.3 Å². The van der Waals surface area contributed by atoms with Gasteiger partial charge in [-0.15, -0.1) is 32.9 Å². The van der Waals surface area contributed by atoms with Crippen molar-refractivity contribution in [1.82, 2.24) is 10.2 Å². The van der Waals surface area contributed by atoms with Crippen molar-refractivity contribution in [1.29, 1.82) is 0 Å². The minimum absolute atomic E-state index is 0.150. The first kappa shape index (κ1) is 16.2. The molecule has 0 atom stereocenters. The van der Waals surface area contributed by atoms with Crippen molar-refractivity contribution in [2.45, 2.75) is 6.42 Å². The largest absolute Gasteiger partial charge is 0.360 e. The summed E-state index contributed by atoms with van der Waals surface area (Å²) in [5, 5.41) is 18.5. The SMILES string of the molecule is O=C(Nc1nnc(NCCc2cccs2)s1)c1cc2ccccc2s1. The molecule has 0 saturated heterocycles. The number of anilines is 2. The molecule has 0 aliphatic carbocycles. The smallest absolute Gasteiger partial charge is 0.267 e. The molecule has 3 aromatic heterocycles. The number of nitrogens with zero attached hydrogens (tertiary/aromatic N) is 2. The Balaban J connectivity index is 1.36. The average molecular weight is 387 g/mol. The number of carbonyl (C=O) groups excluding carboxylic acids is 1. The van der Waals surface area contributed by atoms with Gasteiger partial charge in [0, 0.05) is 16.1 Å². The summed E-state index contributed by atoms with van der Waals surface area (Å²) >= 11 is 4.56. The van der Waals surface area contributed by atoms with Crippen LogP contribution in [0.5, 0.6) is 0 Å². The third-order valence-electron chi connectivity index (χ3n) is 3.52. The predicted octanol–water partition coefficient (Wildman–Crippen LogP) is 4.72. The van der Waals surface area contributed by atoms with E-state index >= 15 is 0 Å². The van der Waals surface area contributed by atoms with Gasteiger partial charge < -0.3 is 5.32 Å². The Kier molecular flexibility index (Phi) is 4.73. The van der Waals surface area contributed by atoms with Crippen LogP contribution in [0.1, 0.15) is 14.5 Å². The molecular weight excluding hydrogens is 372 g/mol. The van der Waals surface area contributed by atoms with Crippen molar-refractivity contribution in [3.8, 4) is 0 Å². The maximum atomic E-state index is 12.4. The van der Waals surface area contributed by atoms with E-state index in [0.717, 1.165) is 23.1 Å². The fraction of sp³-hybridized carbons (Fsp3) is 0.118. The fourth-order valence-corrected chi connectivity index (χ4v) is 4.68. The molecule has 126 valence electrons. The molecule has 3 heterocycles. The summed E-state index contributed by atoms with van der Waals surface area (Å²) in [5.74, 6) is -0.150. The molecule has 0 fully saturated rings. The lowest BCUT2D eigenvalue weighted by molar-refractivity contribution is 0.103. The maximum absolute atomic E-state index is 12.4. The van der Waals surface area contributed by atoms with Crippen LogP contribution in [0.2, 0.25) is 0 Å². The van der Waals surface area contributed by atoms with Gasteiger partial charge in [-0.25, -0.2) is 0 Å². The van der Waals surface area contributed by atoms with Gasteiger partial charge in [0.1, 0.15) is 0 Å². The van der Waals surface area contributed by atoms with Crippen LogP contribution in [0.4, 0.5) is 10.3 Å². The summed E-state index contributed by atoms with van der Waals surface area (Å²) in [6.45, 7) is 0.791. The minimum atomic E-state index is -0.150. The predicted molar refractivity (Wildman–Crippen MR) is 106 cm³/mol. The van der Waals surface area contributed by atoms with Gasteiger partial charge in [0.05, 0.1) is 4.88 Å². The minimum Gasteiger partial charge on any atom is -0.360 e. The van der Waals surface area contributed by atoms with Crippen LogP contribution in [-0.2, 0) is 6.42 Å². The summed E-state index contributed by atoms with van der Waals surface area (Å²) in [6.07, 6.45) is 0.945. The topological polar surface area (TPSA) is 66.9 Å². The molecule has 1 amide bonds. The van der Waals surface area contributed by atoms with Gasteiger partial charge in [0.25, 0.3) is 5.91 Å². The van der Waals surface area contributed by atoms with E-state index in [9.17, 15) is 4.79 Å². The second kappa shape index (κ2) is 7.30. The Morgan fingerprint density at radius 2 is 1.92 bits per heavy atom. The van der Waals surface area contributed by atoms with E-state index in [1.165, 1.54) is 27.6 Å². The average Bonchev–Trinajstić information content (AvgIpc) is 3.35. The lowest BCUT2D eigenvalue weighted by atomic mass is 10.2. The fourth-order valence-electron chi connectivity index (χ4n) is 2.35. The number of benzene rings is 1. The molecule has 0 unspecified atom stereocenters. The molecule has 25 heavy (non-hydrogen) atoms. The molecule has 1 aromatic carbocycles. The number of amides is 1. The quantitative estimate of drug-likeness (QED) is 0.503. The molecule has 0 aliphatic rings. The Hall–Kier alpha value is -2.29. The molecule has 0 aliphatic heterocycles. The molecule has 0 spiro atoms. The number of hydrogen-bond donors (Lipinski definition) is 2. The van der Waals surface area contributed by atoms with Gasteiger partial charge in [-0.2, -0.15) is 0 Å². The third-order valence-corrected chi connectivity index (χ3v) is 6.37. The van der Waals surface area contributed by atoms with Crippen LogP contribution in [0, 0.1) is 0 Å². The number of aromatic nitrogens is 2. The number of fused-ring (bicyclic) bond motifs is 1. The normalized spacial score (nSPS) is 10.9.